The summed E-state index contributed by atoms with van der Waals surface area (Å²) < 4.78 is 30.2. The summed E-state index contributed by atoms with van der Waals surface area (Å²) >= 11 is 0. The molecule has 1 aromatic heterocycles. The molecule has 1 heterocycles. The van der Waals surface area contributed by atoms with Crippen molar-refractivity contribution < 1.29 is 28.3 Å². The molecule has 2 aromatic rings. The Kier molecular flexibility index (Phi) is 10.3. The van der Waals surface area contributed by atoms with Crippen LogP contribution in [0.2, 0.25) is 0 Å². The van der Waals surface area contributed by atoms with Crippen molar-refractivity contribution in [3.8, 4) is 5.75 Å². The average Bonchev–Trinajstić information content (AvgIpc) is 2.79. The molecule has 2 unspecified atom stereocenters. The van der Waals surface area contributed by atoms with Gasteiger partial charge in [-0.25, -0.2) is 4.57 Å². The van der Waals surface area contributed by atoms with Crippen LogP contribution in [0, 0.1) is 12.8 Å². The lowest BCUT2D eigenvalue weighted by Gasteiger charge is -2.23. The first kappa shape index (κ1) is 26.0. The Morgan fingerprint density at radius 3 is 2.50 bits per heavy atom. The lowest BCUT2D eigenvalue weighted by atomic mass is 10.1. The zero-order valence-electron chi connectivity index (χ0n) is 19.1. The Balaban J connectivity index is 2.14. The molecule has 0 aliphatic carbocycles. The molecule has 32 heavy (non-hydrogen) atoms. The average molecular weight is 464 g/mol. The number of rotatable bonds is 13. The van der Waals surface area contributed by atoms with Gasteiger partial charge in [0.05, 0.1) is 19.8 Å². The van der Waals surface area contributed by atoms with Crippen LogP contribution in [0.3, 0.4) is 0 Å². The number of aliphatic hydroxyl groups is 1. The van der Waals surface area contributed by atoms with Crippen LogP contribution in [0.4, 0.5) is 0 Å². The first-order valence-corrected chi connectivity index (χ1v) is 12.3. The molecule has 0 fully saturated rings. The second-order valence-corrected chi connectivity index (χ2v) is 9.29. The first-order chi connectivity index (χ1) is 15.3. The molecule has 0 saturated carbocycles. The smallest absolute Gasteiger partial charge is 0.459 e. The summed E-state index contributed by atoms with van der Waals surface area (Å²) in [4.78, 5) is 16.7. The third kappa shape index (κ3) is 8.02. The van der Waals surface area contributed by atoms with Crippen LogP contribution < -0.4 is 9.61 Å². The second kappa shape index (κ2) is 12.7. The van der Waals surface area contributed by atoms with E-state index in [4.69, 9.17) is 13.8 Å². The molecule has 0 aliphatic heterocycles. The Labute approximate surface area is 189 Å². The molecular formula is C23H33N2O6P. The van der Waals surface area contributed by atoms with Crippen molar-refractivity contribution in [1.29, 1.82) is 0 Å². The molecule has 0 amide bonds. The largest absolute Gasteiger partial charge is 0.464 e. The van der Waals surface area contributed by atoms with Crippen LogP contribution in [0.25, 0.3) is 0 Å². The zero-order valence-corrected chi connectivity index (χ0v) is 20.0. The number of hydrogen-bond donors (Lipinski definition) is 2. The van der Waals surface area contributed by atoms with E-state index in [1.807, 2.05) is 20.8 Å². The van der Waals surface area contributed by atoms with Gasteiger partial charge in [-0.05, 0) is 43.5 Å². The van der Waals surface area contributed by atoms with Crippen molar-refractivity contribution in [1.82, 2.24) is 10.1 Å². The van der Waals surface area contributed by atoms with Crippen molar-refractivity contribution in [2.75, 3.05) is 6.61 Å². The third-order valence-electron chi connectivity index (χ3n) is 5.07. The van der Waals surface area contributed by atoms with Crippen LogP contribution in [0.15, 0.2) is 42.6 Å². The highest BCUT2D eigenvalue weighted by Gasteiger charge is 2.32. The molecule has 2 rings (SSSR count). The summed E-state index contributed by atoms with van der Waals surface area (Å²) in [7, 11) is -3.98. The fraction of sp³-hybridized carbons (Fsp3) is 0.478. The Morgan fingerprint density at radius 1 is 1.19 bits per heavy atom. The minimum absolute atomic E-state index is 0.129. The molecule has 0 spiro atoms. The zero-order chi connectivity index (χ0) is 23.6. The second-order valence-electron chi connectivity index (χ2n) is 7.59. The van der Waals surface area contributed by atoms with E-state index in [9.17, 15) is 14.5 Å². The predicted molar refractivity (Wildman–Crippen MR) is 122 cm³/mol. The van der Waals surface area contributed by atoms with E-state index in [0.29, 0.717) is 23.5 Å². The maximum absolute atomic E-state index is 13.5. The van der Waals surface area contributed by atoms with Crippen LogP contribution in [0.1, 0.15) is 50.4 Å². The minimum Gasteiger partial charge on any atom is -0.464 e. The molecule has 9 heteroatoms. The number of benzene rings is 1. The van der Waals surface area contributed by atoms with Crippen molar-refractivity contribution in [3.63, 3.8) is 0 Å². The number of esters is 1. The van der Waals surface area contributed by atoms with Crippen molar-refractivity contribution >= 4 is 13.7 Å². The van der Waals surface area contributed by atoms with E-state index in [2.05, 4.69) is 10.1 Å². The monoisotopic (exact) mass is 464 g/mol. The number of aromatic nitrogens is 1. The van der Waals surface area contributed by atoms with Gasteiger partial charge in [0.1, 0.15) is 11.8 Å². The van der Waals surface area contributed by atoms with Crippen LogP contribution in [-0.4, -0.2) is 28.7 Å². The summed E-state index contributed by atoms with van der Waals surface area (Å²) in [6.07, 6.45) is 3.37. The van der Waals surface area contributed by atoms with Crippen LogP contribution >= 0.6 is 7.75 Å². The molecule has 2 N–H and O–H groups in total. The van der Waals surface area contributed by atoms with E-state index in [0.717, 1.165) is 18.5 Å². The number of nitrogens with zero attached hydrogens (tertiary/aromatic N) is 1. The van der Waals surface area contributed by atoms with Gasteiger partial charge >= 0.3 is 13.7 Å². The minimum atomic E-state index is -3.98. The molecule has 0 saturated heterocycles. The Bertz CT molecular complexity index is 905. The van der Waals surface area contributed by atoms with Gasteiger partial charge in [0.15, 0.2) is 0 Å². The molecule has 0 radical (unpaired) electrons. The summed E-state index contributed by atoms with van der Waals surface area (Å²) in [5, 5.41) is 12.3. The van der Waals surface area contributed by atoms with E-state index < -0.39 is 19.8 Å². The van der Waals surface area contributed by atoms with Crippen LogP contribution in [-0.2, 0) is 31.8 Å². The van der Waals surface area contributed by atoms with Gasteiger partial charge in [-0.15, -0.1) is 0 Å². The fourth-order valence-electron chi connectivity index (χ4n) is 2.93. The number of ether oxygens (including phenoxy) is 1. The fourth-order valence-corrected chi connectivity index (χ4v) is 4.39. The number of aliphatic hydroxyl groups excluding tert-OH is 1. The number of aryl methyl sites for hydroxylation is 1. The molecule has 0 bridgehead atoms. The van der Waals surface area contributed by atoms with Crippen LogP contribution in [0.5, 0.6) is 5.75 Å². The molecular weight excluding hydrogens is 431 g/mol. The third-order valence-corrected chi connectivity index (χ3v) is 6.69. The molecule has 0 aliphatic rings. The molecule has 2 atom stereocenters. The topological polar surface area (TPSA) is 107 Å². The highest BCUT2D eigenvalue weighted by molar-refractivity contribution is 7.52. The van der Waals surface area contributed by atoms with Gasteiger partial charge in [0, 0.05) is 17.5 Å². The molecule has 8 nitrogen and oxygen atoms in total. The molecule has 1 aromatic carbocycles. The highest BCUT2D eigenvalue weighted by atomic mass is 31.2. The standard InChI is InChI=1S/C23H33N2O6P/c1-5-19(6-2)15-29-23(27)18(4)25-32(28,31-22-10-8-7-9-11-22)30-16-21-13-24-17(3)12-20(21)14-26/h7-13,18-19,26H,5-6,14-16H2,1-4H3,(H,25,28). The Hall–Kier alpha value is -2.25. The van der Waals surface area contributed by atoms with Gasteiger partial charge in [0.25, 0.3) is 0 Å². The van der Waals surface area contributed by atoms with Crippen molar-refractivity contribution in [3.05, 3.63) is 59.4 Å². The van der Waals surface area contributed by atoms with Gasteiger partial charge < -0.3 is 14.4 Å². The van der Waals surface area contributed by atoms with E-state index in [-0.39, 0.29) is 19.1 Å². The number of para-hydroxylation sites is 1. The number of carbonyl (C=O) groups is 1. The normalized spacial score (nSPS) is 14.1. The lowest BCUT2D eigenvalue weighted by Crippen LogP contribution is -2.35. The van der Waals surface area contributed by atoms with E-state index in [1.54, 1.807) is 49.5 Å². The summed E-state index contributed by atoms with van der Waals surface area (Å²) in [5.74, 6) is 0.0662. The maximum Gasteiger partial charge on any atom is 0.459 e. The number of carbonyl (C=O) groups excluding carboxylic acids is 1. The number of nitrogens with one attached hydrogen (secondary N) is 1. The van der Waals surface area contributed by atoms with Crippen molar-refractivity contribution in [2.45, 2.75) is 59.8 Å². The van der Waals surface area contributed by atoms with Gasteiger partial charge in [-0.2, -0.15) is 5.09 Å². The lowest BCUT2D eigenvalue weighted by molar-refractivity contribution is -0.146. The number of pyridine rings is 1. The Morgan fingerprint density at radius 2 is 1.88 bits per heavy atom. The van der Waals surface area contributed by atoms with Crippen molar-refractivity contribution in [2.24, 2.45) is 5.92 Å². The summed E-state index contributed by atoms with van der Waals surface area (Å²) in [6, 6.07) is 9.36. The van der Waals surface area contributed by atoms with Gasteiger partial charge in [-0.3, -0.25) is 14.3 Å². The quantitative estimate of drug-likeness (QED) is 0.329. The highest BCUT2D eigenvalue weighted by Crippen LogP contribution is 2.45. The molecule has 176 valence electrons. The predicted octanol–water partition coefficient (Wildman–Crippen LogP) is 4.54. The van der Waals surface area contributed by atoms with Gasteiger partial charge in [0.2, 0.25) is 0 Å². The van der Waals surface area contributed by atoms with Gasteiger partial charge in [-0.1, -0.05) is 44.9 Å². The van der Waals surface area contributed by atoms with E-state index >= 15 is 0 Å². The number of hydrogen-bond acceptors (Lipinski definition) is 7. The first-order valence-electron chi connectivity index (χ1n) is 10.8. The SMILES string of the molecule is CCC(CC)COC(=O)C(C)NP(=O)(OCc1cnc(C)cc1CO)Oc1ccccc1. The summed E-state index contributed by atoms with van der Waals surface area (Å²) in [6.45, 7) is 7.40. The van der Waals surface area contributed by atoms with E-state index in [1.165, 1.54) is 0 Å². The summed E-state index contributed by atoms with van der Waals surface area (Å²) in [5.41, 5.74) is 1.93. The maximum atomic E-state index is 13.5.